The fourth-order valence-electron chi connectivity index (χ4n) is 3.88. The van der Waals surface area contributed by atoms with Crippen LogP contribution >= 0.6 is 23.3 Å². The number of carbonyl (C=O) groups is 1. The molecule has 0 saturated heterocycles. The maximum Gasteiger partial charge on any atom is 0.211 e. The molecule has 1 aromatic heterocycles. The zero-order valence-electron chi connectivity index (χ0n) is 18.4. The third kappa shape index (κ3) is 5.56. The molecule has 0 spiro atoms. The molecule has 2 aliphatic rings. The fraction of sp³-hybridized carbons (Fsp3) is 0.500. The molecule has 4 rings (SSSR count). The molecule has 1 aromatic carbocycles. The van der Waals surface area contributed by atoms with Gasteiger partial charge in [-0.2, -0.15) is 0 Å². The quantitative estimate of drug-likeness (QED) is 0.215. The van der Waals surface area contributed by atoms with Crippen LogP contribution in [0.2, 0.25) is 0 Å². The van der Waals surface area contributed by atoms with E-state index in [1.165, 1.54) is 18.4 Å². The van der Waals surface area contributed by atoms with Crippen molar-refractivity contribution in [1.82, 2.24) is 4.98 Å². The lowest BCUT2D eigenvalue weighted by Crippen LogP contribution is -2.28. The van der Waals surface area contributed by atoms with Crippen LogP contribution in [0, 0.1) is 0 Å². The molecule has 8 N–H and O–H groups in total. The van der Waals surface area contributed by atoms with Gasteiger partial charge in [-0.25, -0.2) is 4.98 Å². The molecule has 2 unspecified atom stereocenters. The average Bonchev–Trinajstić information content (AvgIpc) is 3.40. The molecular weight excluding hydrogens is 446 g/mol. The zero-order valence-corrected chi connectivity index (χ0v) is 20.0. The van der Waals surface area contributed by atoms with Gasteiger partial charge in [0.2, 0.25) is 6.41 Å². The zero-order chi connectivity index (χ0) is 24.3. The highest BCUT2D eigenvalue weighted by molar-refractivity contribution is 7.99. The van der Waals surface area contributed by atoms with Gasteiger partial charge in [-0.1, -0.05) is 6.07 Å². The Labute approximate surface area is 199 Å². The van der Waals surface area contributed by atoms with Gasteiger partial charge in [0, 0.05) is 11.1 Å². The molecule has 2 atom stereocenters. The Morgan fingerprint density at radius 2 is 1.69 bits per heavy atom. The van der Waals surface area contributed by atoms with E-state index < -0.39 is 16.6 Å². The Morgan fingerprint density at radius 1 is 1.19 bits per heavy atom. The van der Waals surface area contributed by atoms with Crippen molar-refractivity contribution in [3.05, 3.63) is 39.5 Å². The van der Waals surface area contributed by atoms with E-state index in [-0.39, 0.29) is 0 Å². The summed E-state index contributed by atoms with van der Waals surface area (Å²) in [7, 11) is 13.3. The van der Waals surface area contributed by atoms with Crippen molar-refractivity contribution >= 4 is 51.1 Å². The SMILES string of the molecule is CC(C)(O)c1ncc(SN)s1.CN.[B]C1(O)CCc2cc3c(c(NC=O)c21)C([B])(O)CC3. The average molecular weight is 474 g/mol. The molecule has 4 radical (unpaired) electrons. The minimum Gasteiger partial charge on any atom is -0.395 e. The van der Waals surface area contributed by atoms with Crippen LogP contribution in [-0.4, -0.2) is 49.5 Å². The highest BCUT2D eigenvalue weighted by Crippen LogP contribution is 2.48. The summed E-state index contributed by atoms with van der Waals surface area (Å²) in [5.41, 5.74) is 3.80. The minimum absolute atomic E-state index is 0.368. The van der Waals surface area contributed by atoms with Crippen molar-refractivity contribution in [2.75, 3.05) is 12.4 Å². The minimum atomic E-state index is -1.49. The van der Waals surface area contributed by atoms with Crippen molar-refractivity contribution in [2.45, 2.75) is 60.3 Å². The van der Waals surface area contributed by atoms with E-state index in [1.807, 2.05) is 6.07 Å². The van der Waals surface area contributed by atoms with Crippen LogP contribution in [0.1, 0.15) is 54.0 Å². The molecule has 2 aliphatic carbocycles. The summed E-state index contributed by atoms with van der Waals surface area (Å²) in [5, 5.41) is 38.6. The normalized spacial score (nSPS) is 23.2. The van der Waals surface area contributed by atoms with Crippen LogP contribution in [0.5, 0.6) is 0 Å². The molecular formula is C20H28B2N4O4S2. The molecule has 0 fully saturated rings. The summed E-state index contributed by atoms with van der Waals surface area (Å²) in [4.78, 5) is 14.9. The van der Waals surface area contributed by atoms with E-state index in [2.05, 4.69) is 16.0 Å². The Balaban J connectivity index is 0.000000239. The Bertz CT molecular complexity index is 920. The number of fused-ring (bicyclic) bond motifs is 2. The highest BCUT2D eigenvalue weighted by atomic mass is 32.2. The van der Waals surface area contributed by atoms with Crippen molar-refractivity contribution in [3.63, 3.8) is 0 Å². The van der Waals surface area contributed by atoms with E-state index in [4.69, 9.17) is 20.8 Å². The molecule has 1 amide bonds. The molecule has 12 heteroatoms. The summed E-state index contributed by atoms with van der Waals surface area (Å²) >= 11 is 2.57. The molecule has 1 heterocycles. The number of aliphatic hydroxyl groups is 3. The largest absolute Gasteiger partial charge is 0.395 e. The van der Waals surface area contributed by atoms with Gasteiger partial charge in [-0.3, -0.25) is 9.93 Å². The smallest absolute Gasteiger partial charge is 0.211 e. The maximum atomic E-state index is 10.8. The maximum absolute atomic E-state index is 10.8. The van der Waals surface area contributed by atoms with Gasteiger partial charge in [0.05, 0.1) is 27.1 Å². The summed E-state index contributed by atoms with van der Waals surface area (Å²) in [6.45, 7) is 3.41. The molecule has 0 bridgehead atoms. The van der Waals surface area contributed by atoms with Crippen molar-refractivity contribution < 1.29 is 20.1 Å². The third-order valence-corrected chi connectivity index (χ3v) is 7.22. The number of nitrogens with one attached hydrogen (secondary N) is 1. The van der Waals surface area contributed by atoms with Crippen LogP contribution in [0.3, 0.4) is 0 Å². The fourth-order valence-corrected chi connectivity index (χ4v) is 5.08. The first-order chi connectivity index (χ1) is 14.9. The summed E-state index contributed by atoms with van der Waals surface area (Å²) in [6.07, 6.45) is 4.25. The van der Waals surface area contributed by atoms with Crippen LogP contribution in [0.15, 0.2) is 16.5 Å². The van der Waals surface area contributed by atoms with Crippen LogP contribution in [0.25, 0.3) is 0 Å². The first-order valence-corrected chi connectivity index (χ1v) is 11.7. The summed E-state index contributed by atoms with van der Waals surface area (Å²) in [6, 6.07) is 1.93. The summed E-state index contributed by atoms with van der Waals surface area (Å²) in [5.74, 6) is 0. The van der Waals surface area contributed by atoms with Gasteiger partial charge in [0.15, 0.2) is 0 Å². The predicted octanol–water partition coefficient (Wildman–Crippen LogP) is 0.686. The molecule has 0 aliphatic heterocycles. The van der Waals surface area contributed by atoms with Crippen molar-refractivity contribution in [1.29, 1.82) is 0 Å². The summed E-state index contributed by atoms with van der Waals surface area (Å²) < 4.78 is 0.919. The first-order valence-electron chi connectivity index (χ1n) is 9.96. The lowest BCUT2D eigenvalue weighted by molar-refractivity contribution is -0.105. The van der Waals surface area contributed by atoms with E-state index >= 15 is 0 Å². The molecule has 32 heavy (non-hydrogen) atoms. The number of thiazole rings is 1. The molecule has 0 saturated carbocycles. The van der Waals surface area contributed by atoms with Crippen LogP contribution < -0.4 is 16.2 Å². The van der Waals surface area contributed by atoms with Crippen LogP contribution in [-0.2, 0) is 34.2 Å². The molecule has 170 valence electrons. The number of hydrogen-bond donors (Lipinski definition) is 6. The van der Waals surface area contributed by atoms with E-state index in [9.17, 15) is 20.1 Å². The van der Waals surface area contributed by atoms with E-state index in [0.29, 0.717) is 53.9 Å². The lowest BCUT2D eigenvalue weighted by atomic mass is 9.71. The second-order valence-electron chi connectivity index (χ2n) is 8.09. The number of carbonyl (C=O) groups excluding carboxylic acids is 1. The van der Waals surface area contributed by atoms with Gasteiger partial charge in [0.1, 0.15) is 26.3 Å². The second-order valence-corrected chi connectivity index (χ2v) is 10.1. The van der Waals surface area contributed by atoms with Crippen LogP contribution in [0.4, 0.5) is 5.69 Å². The number of benzene rings is 1. The number of anilines is 1. The number of amides is 1. The highest BCUT2D eigenvalue weighted by Gasteiger charge is 2.41. The number of aromatic nitrogens is 1. The predicted molar refractivity (Wildman–Crippen MR) is 130 cm³/mol. The van der Waals surface area contributed by atoms with E-state index in [0.717, 1.165) is 27.3 Å². The number of nitrogens with zero attached hydrogens (tertiary/aromatic N) is 1. The topological polar surface area (TPSA) is 155 Å². The monoisotopic (exact) mass is 474 g/mol. The van der Waals surface area contributed by atoms with Gasteiger partial charge in [-0.05, 0) is 69.7 Å². The molecule has 2 aromatic rings. The van der Waals surface area contributed by atoms with Gasteiger partial charge in [0.25, 0.3) is 0 Å². The van der Waals surface area contributed by atoms with Gasteiger partial charge in [-0.15, -0.1) is 11.3 Å². The lowest BCUT2D eigenvalue weighted by Gasteiger charge is -2.28. The molecule has 8 nitrogen and oxygen atoms in total. The van der Waals surface area contributed by atoms with Crippen molar-refractivity contribution in [3.8, 4) is 0 Å². The second kappa shape index (κ2) is 10.3. The first kappa shape index (κ1) is 26.8. The number of rotatable bonds is 4. The third-order valence-electron chi connectivity index (χ3n) is 5.23. The number of aryl methyl sites for hydroxylation is 2. The Hall–Kier alpha value is -1.40. The number of hydrogen-bond acceptors (Lipinski definition) is 9. The van der Waals surface area contributed by atoms with E-state index in [1.54, 1.807) is 20.0 Å². The van der Waals surface area contributed by atoms with Crippen molar-refractivity contribution in [2.24, 2.45) is 10.9 Å². The number of nitrogens with two attached hydrogens (primary N) is 2. The van der Waals surface area contributed by atoms with Gasteiger partial charge < -0.3 is 26.4 Å². The standard InChI is InChI=1S/C13H13B2NO3.C6H10N2OS2.CH5N/c14-12(18)3-1-7-5-8-2-4-13(15,19)10(8)11(9(7)12)16-6-17;1-6(2,9)5-8-3-4(10-5)11-7;1-2/h5-6,18-19H,1-4H2,(H,16,17);3,9H,7H2,1-2H3;2H2,1H3. The Kier molecular flexibility index (Phi) is 8.60. The Morgan fingerprint density at radius 3 is 2.03 bits per heavy atom. The van der Waals surface area contributed by atoms with Gasteiger partial charge >= 0.3 is 0 Å².